The van der Waals surface area contributed by atoms with E-state index in [1.54, 1.807) is 25.2 Å². The first kappa shape index (κ1) is 23.2. The second kappa shape index (κ2) is 11.8. The van der Waals surface area contributed by atoms with Crippen LogP contribution in [0.3, 0.4) is 0 Å². The predicted octanol–water partition coefficient (Wildman–Crippen LogP) is 4.10. The molecule has 0 aliphatic rings. The number of nitrogens with zero attached hydrogens (tertiary/aromatic N) is 1. The van der Waals surface area contributed by atoms with Crippen LogP contribution in [0.5, 0.6) is 0 Å². The summed E-state index contributed by atoms with van der Waals surface area (Å²) in [5.41, 5.74) is 2.35. The van der Waals surface area contributed by atoms with Crippen LogP contribution in [0.15, 0.2) is 47.5 Å². The standard InChI is InChI=1S/C19H22ClFN4O.HI/c1-13-16(20)7-4-8-17(13)25-18(26)9-10-23-19(22-2)24-12-14-5-3-6-15(21)11-14;/h3-8,11H,9-10,12H2,1-2H3,(H,25,26)(H2,22,23,24);1H. The molecule has 0 saturated carbocycles. The van der Waals surface area contributed by atoms with Crippen LogP contribution in [0, 0.1) is 12.7 Å². The highest BCUT2D eigenvalue weighted by Crippen LogP contribution is 2.22. The Balaban J connectivity index is 0.00000364. The largest absolute Gasteiger partial charge is 0.356 e. The van der Waals surface area contributed by atoms with E-state index in [2.05, 4.69) is 20.9 Å². The second-order valence-corrected chi connectivity index (χ2v) is 6.10. The number of benzene rings is 2. The fourth-order valence-electron chi connectivity index (χ4n) is 2.30. The van der Waals surface area contributed by atoms with Crippen molar-refractivity contribution >= 4 is 53.1 Å². The number of hydrogen-bond donors (Lipinski definition) is 3. The Labute approximate surface area is 180 Å². The van der Waals surface area contributed by atoms with Crippen molar-refractivity contribution in [2.75, 3.05) is 18.9 Å². The number of halogens is 3. The molecular formula is C19H23ClFIN4O. The third-order valence-corrected chi connectivity index (χ3v) is 4.17. The number of aliphatic imine (C=N–C) groups is 1. The second-order valence-electron chi connectivity index (χ2n) is 5.69. The van der Waals surface area contributed by atoms with Gasteiger partial charge in [-0.1, -0.05) is 29.8 Å². The molecule has 2 aromatic rings. The van der Waals surface area contributed by atoms with Crippen LogP contribution >= 0.6 is 35.6 Å². The predicted molar refractivity (Wildman–Crippen MR) is 119 cm³/mol. The first-order valence-corrected chi connectivity index (χ1v) is 8.61. The van der Waals surface area contributed by atoms with Crippen LogP contribution < -0.4 is 16.0 Å². The summed E-state index contributed by atoms with van der Waals surface area (Å²) in [4.78, 5) is 16.2. The zero-order chi connectivity index (χ0) is 18.9. The molecule has 8 heteroatoms. The summed E-state index contributed by atoms with van der Waals surface area (Å²) in [5, 5.41) is 9.59. The van der Waals surface area contributed by atoms with Crippen molar-refractivity contribution in [2.45, 2.75) is 19.9 Å². The molecule has 2 rings (SSSR count). The minimum absolute atomic E-state index is 0. The van der Waals surface area contributed by atoms with E-state index in [1.165, 1.54) is 12.1 Å². The van der Waals surface area contributed by atoms with E-state index in [0.29, 0.717) is 29.8 Å². The van der Waals surface area contributed by atoms with Crippen LogP contribution in [0.1, 0.15) is 17.5 Å². The lowest BCUT2D eigenvalue weighted by Gasteiger charge is -2.13. The molecule has 0 fully saturated rings. The van der Waals surface area contributed by atoms with E-state index in [-0.39, 0.29) is 42.1 Å². The van der Waals surface area contributed by atoms with Crippen molar-refractivity contribution in [1.29, 1.82) is 0 Å². The van der Waals surface area contributed by atoms with E-state index < -0.39 is 0 Å². The molecule has 2 aromatic carbocycles. The number of carbonyl (C=O) groups is 1. The van der Waals surface area contributed by atoms with Gasteiger partial charge in [-0.3, -0.25) is 9.79 Å². The fourth-order valence-corrected chi connectivity index (χ4v) is 2.48. The molecule has 0 aliphatic carbocycles. The molecule has 27 heavy (non-hydrogen) atoms. The third-order valence-electron chi connectivity index (χ3n) is 3.76. The van der Waals surface area contributed by atoms with E-state index in [0.717, 1.165) is 11.1 Å². The maximum atomic E-state index is 13.2. The minimum atomic E-state index is -0.278. The van der Waals surface area contributed by atoms with Gasteiger partial charge in [0.1, 0.15) is 5.82 Å². The lowest BCUT2D eigenvalue weighted by molar-refractivity contribution is -0.116. The zero-order valence-corrected chi connectivity index (χ0v) is 18.3. The molecular weight excluding hydrogens is 482 g/mol. The number of guanidine groups is 1. The van der Waals surface area contributed by atoms with Gasteiger partial charge in [0.2, 0.25) is 5.91 Å². The summed E-state index contributed by atoms with van der Waals surface area (Å²) in [6.45, 7) is 2.70. The molecule has 0 aromatic heterocycles. The van der Waals surface area contributed by atoms with Gasteiger partial charge in [-0.15, -0.1) is 24.0 Å². The van der Waals surface area contributed by atoms with Crippen molar-refractivity contribution in [3.05, 3.63) is 64.4 Å². The van der Waals surface area contributed by atoms with Crippen molar-refractivity contribution in [1.82, 2.24) is 10.6 Å². The number of carbonyl (C=O) groups excluding carboxylic acids is 1. The molecule has 0 heterocycles. The van der Waals surface area contributed by atoms with Gasteiger partial charge in [0.15, 0.2) is 5.96 Å². The molecule has 3 N–H and O–H groups in total. The maximum absolute atomic E-state index is 13.2. The highest BCUT2D eigenvalue weighted by atomic mass is 127. The molecule has 0 unspecified atom stereocenters. The highest BCUT2D eigenvalue weighted by molar-refractivity contribution is 14.0. The van der Waals surface area contributed by atoms with Gasteiger partial charge >= 0.3 is 0 Å². The molecule has 1 amide bonds. The number of amides is 1. The minimum Gasteiger partial charge on any atom is -0.356 e. The fraction of sp³-hybridized carbons (Fsp3) is 0.263. The van der Waals surface area contributed by atoms with Crippen molar-refractivity contribution < 1.29 is 9.18 Å². The van der Waals surface area contributed by atoms with Crippen molar-refractivity contribution in [2.24, 2.45) is 4.99 Å². The van der Waals surface area contributed by atoms with Crippen LogP contribution in [0.25, 0.3) is 0 Å². The van der Waals surface area contributed by atoms with Crippen LogP contribution in [-0.2, 0) is 11.3 Å². The van der Waals surface area contributed by atoms with Gasteiger partial charge < -0.3 is 16.0 Å². The first-order valence-electron chi connectivity index (χ1n) is 8.23. The van der Waals surface area contributed by atoms with Gasteiger partial charge in [-0.2, -0.15) is 0 Å². The Hall–Kier alpha value is -1.87. The average Bonchev–Trinajstić information content (AvgIpc) is 2.62. The first-order chi connectivity index (χ1) is 12.5. The number of rotatable bonds is 6. The molecule has 5 nitrogen and oxygen atoms in total. The molecule has 0 spiro atoms. The summed E-state index contributed by atoms with van der Waals surface area (Å²) in [6, 6.07) is 11.7. The quantitative estimate of drug-likeness (QED) is 0.315. The third kappa shape index (κ3) is 7.72. The topological polar surface area (TPSA) is 65.5 Å². The van der Waals surface area contributed by atoms with Crippen LogP contribution in [0.4, 0.5) is 10.1 Å². The summed E-state index contributed by atoms with van der Waals surface area (Å²) in [5.74, 6) is 0.143. The monoisotopic (exact) mass is 504 g/mol. The number of hydrogen-bond acceptors (Lipinski definition) is 2. The SMILES string of the molecule is CN=C(NCCC(=O)Nc1cccc(Cl)c1C)NCc1cccc(F)c1.I. The summed E-state index contributed by atoms with van der Waals surface area (Å²) < 4.78 is 13.2. The number of nitrogens with one attached hydrogen (secondary N) is 3. The Kier molecular flexibility index (Phi) is 10.1. The lowest BCUT2D eigenvalue weighted by atomic mass is 10.2. The van der Waals surface area contributed by atoms with Crippen LogP contribution in [-0.4, -0.2) is 25.5 Å². The van der Waals surface area contributed by atoms with Gasteiger partial charge in [0.25, 0.3) is 0 Å². The Morgan fingerprint density at radius 1 is 1.19 bits per heavy atom. The normalized spacial score (nSPS) is 10.7. The molecule has 0 saturated heterocycles. The summed E-state index contributed by atoms with van der Waals surface area (Å²) >= 11 is 6.05. The maximum Gasteiger partial charge on any atom is 0.226 e. The van der Waals surface area contributed by atoms with Crippen molar-refractivity contribution in [3.8, 4) is 0 Å². The van der Waals surface area contributed by atoms with Gasteiger partial charge in [-0.05, 0) is 42.3 Å². The van der Waals surface area contributed by atoms with E-state index in [9.17, 15) is 9.18 Å². The summed E-state index contributed by atoms with van der Waals surface area (Å²) in [6.07, 6.45) is 0.270. The van der Waals surface area contributed by atoms with Crippen molar-refractivity contribution in [3.63, 3.8) is 0 Å². The average molecular weight is 505 g/mol. The molecule has 0 atom stereocenters. The molecule has 0 bridgehead atoms. The van der Waals surface area contributed by atoms with E-state index >= 15 is 0 Å². The molecule has 0 aliphatic heterocycles. The van der Waals surface area contributed by atoms with Gasteiger partial charge in [-0.25, -0.2) is 4.39 Å². The van der Waals surface area contributed by atoms with Gasteiger partial charge in [0, 0.05) is 37.3 Å². The van der Waals surface area contributed by atoms with E-state index in [1.807, 2.05) is 19.1 Å². The number of anilines is 1. The Morgan fingerprint density at radius 3 is 2.63 bits per heavy atom. The molecule has 146 valence electrons. The molecule has 0 radical (unpaired) electrons. The highest BCUT2D eigenvalue weighted by Gasteiger charge is 2.07. The lowest BCUT2D eigenvalue weighted by Crippen LogP contribution is -2.38. The zero-order valence-electron chi connectivity index (χ0n) is 15.2. The summed E-state index contributed by atoms with van der Waals surface area (Å²) in [7, 11) is 1.64. The Bertz CT molecular complexity index is 801. The van der Waals surface area contributed by atoms with Crippen LogP contribution in [0.2, 0.25) is 5.02 Å². The van der Waals surface area contributed by atoms with Gasteiger partial charge in [0.05, 0.1) is 0 Å². The van der Waals surface area contributed by atoms with E-state index in [4.69, 9.17) is 11.6 Å². The Morgan fingerprint density at radius 2 is 1.93 bits per heavy atom. The smallest absolute Gasteiger partial charge is 0.226 e.